The molecule has 0 aliphatic rings. The second-order valence-corrected chi connectivity index (χ2v) is 5.18. The Bertz CT molecular complexity index is 723. The molecule has 2 aromatic rings. The van der Waals surface area contributed by atoms with Crippen LogP contribution < -0.4 is 15.6 Å². The van der Waals surface area contributed by atoms with Gasteiger partial charge in [-0.05, 0) is 18.1 Å². The van der Waals surface area contributed by atoms with Gasteiger partial charge in [-0.15, -0.1) is 0 Å². The van der Waals surface area contributed by atoms with Crippen LogP contribution in [0.25, 0.3) is 0 Å². The smallest absolute Gasteiger partial charge is 0.254 e. The lowest BCUT2D eigenvalue weighted by Gasteiger charge is -2.11. The van der Waals surface area contributed by atoms with Gasteiger partial charge in [0.05, 0.1) is 24.8 Å². The van der Waals surface area contributed by atoms with Gasteiger partial charge in [-0.25, -0.2) is 4.98 Å². The monoisotopic (exact) mass is 301 g/mol. The highest BCUT2D eigenvalue weighted by Gasteiger charge is 2.10. The zero-order valence-electron chi connectivity index (χ0n) is 12.9. The van der Waals surface area contributed by atoms with Crippen LogP contribution in [0.1, 0.15) is 25.5 Å². The molecule has 2 rings (SSSR count). The predicted octanol–water partition coefficient (Wildman–Crippen LogP) is 2.01. The van der Waals surface area contributed by atoms with Crippen LogP contribution in [0.2, 0.25) is 0 Å². The number of ether oxygens (including phenoxy) is 1. The van der Waals surface area contributed by atoms with E-state index in [1.807, 2.05) is 19.9 Å². The van der Waals surface area contributed by atoms with E-state index in [1.165, 1.54) is 24.1 Å². The Morgan fingerprint density at radius 1 is 1.36 bits per heavy atom. The van der Waals surface area contributed by atoms with Crippen LogP contribution in [-0.4, -0.2) is 22.6 Å². The van der Waals surface area contributed by atoms with Crippen LogP contribution in [0.5, 0.6) is 5.75 Å². The summed E-state index contributed by atoms with van der Waals surface area (Å²) in [6.45, 7) is 3.82. The average molecular weight is 301 g/mol. The third kappa shape index (κ3) is 3.72. The number of rotatable bonds is 5. The van der Waals surface area contributed by atoms with Crippen molar-refractivity contribution in [2.45, 2.75) is 26.3 Å². The van der Waals surface area contributed by atoms with Crippen molar-refractivity contribution in [3.63, 3.8) is 0 Å². The number of para-hydroxylation sites is 2. The number of hydrogen-bond acceptors (Lipinski definition) is 4. The highest BCUT2D eigenvalue weighted by molar-refractivity contribution is 5.92. The zero-order chi connectivity index (χ0) is 16.1. The first-order valence-electron chi connectivity index (χ1n) is 7.00. The molecule has 1 heterocycles. The van der Waals surface area contributed by atoms with E-state index in [9.17, 15) is 9.59 Å². The lowest BCUT2D eigenvalue weighted by molar-refractivity contribution is -0.116. The minimum Gasteiger partial charge on any atom is -0.495 e. The second kappa shape index (κ2) is 6.89. The third-order valence-electron chi connectivity index (χ3n) is 3.19. The summed E-state index contributed by atoms with van der Waals surface area (Å²) in [7, 11) is 1.53. The summed E-state index contributed by atoms with van der Waals surface area (Å²) in [4.78, 5) is 28.2. The van der Waals surface area contributed by atoms with Crippen LogP contribution in [0.4, 0.5) is 5.69 Å². The van der Waals surface area contributed by atoms with Crippen LogP contribution in [0.3, 0.4) is 0 Å². The molecule has 0 bridgehead atoms. The molecule has 1 aromatic heterocycles. The van der Waals surface area contributed by atoms with Gasteiger partial charge in [0.1, 0.15) is 12.3 Å². The molecule has 1 aromatic carbocycles. The van der Waals surface area contributed by atoms with Crippen molar-refractivity contribution in [3.05, 3.63) is 52.7 Å². The van der Waals surface area contributed by atoms with E-state index >= 15 is 0 Å². The molecule has 0 aliphatic heterocycles. The van der Waals surface area contributed by atoms with Gasteiger partial charge in [-0.3, -0.25) is 14.2 Å². The molecule has 0 aliphatic carbocycles. The Morgan fingerprint density at radius 3 is 2.73 bits per heavy atom. The van der Waals surface area contributed by atoms with Crippen molar-refractivity contribution in [2.75, 3.05) is 12.4 Å². The number of nitrogens with zero attached hydrogens (tertiary/aromatic N) is 2. The van der Waals surface area contributed by atoms with E-state index in [0.717, 1.165) is 0 Å². The summed E-state index contributed by atoms with van der Waals surface area (Å²) in [5.41, 5.74) is 1.04. The molecule has 1 amide bonds. The Kier molecular flexibility index (Phi) is 4.93. The fourth-order valence-electron chi connectivity index (χ4n) is 1.97. The van der Waals surface area contributed by atoms with Gasteiger partial charge >= 0.3 is 0 Å². The molecule has 6 heteroatoms. The van der Waals surface area contributed by atoms with Crippen molar-refractivity contribution in [2.24, 2.45) is 0 Å². The van der Waals surface area contributed by atoms with Crippen LogP contribution >= 0.6 is 0 Å². The molecule has 0 fully saturated rings. The molecular weight excluding hydrogens is 282 g/mol. The minimum atomic E-state index is -0.314. The normalized spacial score (nSPS) is 10.5. The van der Waals surface area contributed by atoms with Crippen molar-refractivity contribution in [1.82, 2.24) is 9.55 Å². The van der Waals surface area contributed by atoms with Crippen molar-refractivity contribution in [3.8, 4) is 5.75 Å². The van der Waals surface area contributed by atoms with Crippen LogP contribution in [-0.2, 0) is 11.3 Å². The number of methoxy groups -OCH3 is 1. The van der Waals surface area contributed by atoms with Gasteiger partial charge in [0, 0.05) is 6.07 Å². The fraction of sp³-hybridized carbons (Fsp3) is 0.312. The summed E-state index contributed by atoms with van der Waals surface area (Å²) in [5.74, 6) is 0.423. The second-order valence-electron chi connectivity index (χ2n) is 5.18. The average Bonchev–Trinajstić information content (AvgIpc) is 2.49. The predicted molar refractivity (Wildman–Crippen MR) is 84.2 cm³/mol. The lowest BCUT2D eigenvalue weighted by atomic mass is 10.1. The standard InChI is InChI=1S/C16H19N3O3/c1-11(2)13-8-16(21)19(10-17-13)9-15(20)18-12-6-4-5-7-14(12)22-3/h4-8,10-11H,9H2,1-3H3,(H,18,20). The maximum absolute atomic E-state index is 12.1. The Balaban J connectivity index is 2.11. The number of benzene rings is 1. The summed E-state index contributed by atoms with van der Waals surface area (Å²) >= 11 is 0. The van der Waals surface area contributed by atoms with Crippen molar-refractivity contribution >= 4 is 11.6 Å². The topological polar surface area (TPSA) is 73.2 Å². The summed E-state index contributed by atoms with van der Waals surface area (Å²) < 4.78 is 6.44. The number of carbonyl (C=O) groups is 1. The summed E-state index contributed by atoms with van der Waals surface area (Å²) in [6.07, 6.45) is 1.40. The van der Waals surface area contributed by atoms with E-state index < -0.39 is 0 Å². The third-order valence-corrected chi connectivity index (χ3v) is 3.19. The Morgan fingerprint density at radius 2 is 2.09 bits per heavy atom. The Hall–Kier alpha value is -2.63. The van der Waals surface area contributed by atoms with E-state index in [-0.39, 0.29) is 23.9 Å². The molecule has 6 nitrogen and oxygen atoms in total. The molecule has 1 N–H and O–H groups in total. The van der Waals surface area contributed by atoms with Crippen LogP contribution in [0, 0.1) is 0 Å². The van der Waals surface area contributed by atoms with Gasteiger partial charge in [0.15, 0.2) is 0 Å². The fourth-order valence-corrected chi connectivity index (χ4v) is 1.97. The van der Waals surface area contributed by atoms with Gasteiger partial charge in [-0.2, -0.15) is 0 Å². The van der Waals surface area contributed by atoms with E-state index in [0.29, 0.717) is 17.1 Å². The number of anilines is 1. The number of hydrogen-bond donors (Lipinski definition) is 1. The first-order chi connectivity index (χ1) is 10.5. The van der Waals surface area contributed by atoms with E-state index in [1.54, 1.807) is 18.2 Å². The first kappa shape index (κ1) is 15.8. The Labute approximate surface area is 128 Å². The van der Waals surface area contributed by atoms with Gasteiger partial charge in [0.25, 0.3) is 5.56 Å². The number of carbonyl (C=O) groups excluding carboxylic acids is 1. The zero-order valence-corrected chi connectivity index (χ0v) is 12.9. The molecule has 0 saturated carbocycles. The van der Waals surface area contributed by atoms with Crippen molar-refractivity contribution in [1.29, 1.82) is 0 Å². The molecule has 22 heavy (non-hydrogen) atoms. The molecule has 0 spiro atoms. The number of nitrogens with one attached hydrogen (secondary N) is 1. The summed E-state index contributed by atoms with van der Waals surface area (Å²) in [5, 5.41) is 2.72. The van der Waals surface area contributed by atoms with Gasteiger partial charge < -0.3 is 10.1 Å². The van der Waals surface area contributed by atoms with Gasteiger partial charge in [0.2, 0.25) is 5.91 Å². The quantitative estimate of drug-likeness (QED) is 0.917. The van der Waals surface area contributed by atoms with Crippen LogP contribution in [0.15, 0.2) is 41.5 Å². The lowest BCUT2D eigenvalue weighted by Crippen LogP contribution is -2.28. The van der Waals surface area contributed by atoms with E-state index in [4.69, 9.17) is 4.74 Å². The highest BCUT2D eigenvalue weighted by Crippen LogP contribution is 2.22. The molecule has 0 radical (unpaired) electrons. The highest BCUT2D eigenvalue weighted by atomic mass is 16.5. The molecule has 0 atom stereocenters. The summed E-state index contributed by atoms with van der Waals surface area (Å²) in [6, 6.07) is 8.55. The largest absolute Gasteiger partial charge is 0.495 e. The van der Waals surface area contributed by atoms with Gasteiger partial charge in [-0.1, -0.05) is 26.0 Å². The molecule has 0 saturated heterocycles. The first-order valence-corrected chi connectivity index (χ1v) is 7.00. The number of aromatic nitrogens is 2. The minimum absolute atomic E-state index is 0.0950. The molecular formula is C16H19N3O3. The molecule has 0 unspecified atom stereocenters. The van der Waals surface area contributed by atoms with E-state index in [2.05, 4.69) is 10.3 Å². The maximum Gasteiger partial charge on any atom is 0.254 e. The van der Waals surface area contributed by atoms with Crippen molar-refractivity contribution < 1.29 is 9.53 Å². The maximum atomic E-state index is 12.1. The number of amides is 1. The molecule has 116 valence electrons. The SMILES string of the molecule is COc1ccccc1NC(=O)Cn1cnc(C(C)C)cc1=O.